The molecule has 1 aromatic carbocycles. The second-order valence-electron chi connectivity index (χ2n) is 7.85. The fourth-order valence-electron chi connectivity index (χ4n) is 4.08. The van der Waals surface area contributed by atoms with Gasteiger partial charge < -0.3 is 30.6 Å². The summed E-state index contributed by atoms with van der Waals surface area (Å²) in [6.07, 6.45) is 3.19. The molecule has 166 valence electrons. The van der Waals surface area contributed by atoms with Crippen molar-refractivity contribution in [3.8, 4) is 16.9 Å². The van der Waals surface area contributed by atoms with Crippen molar-refractivity contribution in [2.75, 3.05) is 32.0 Å². The van der Waals surface area contributed by atoms with Crippen LogP contribution in [0.4, 0.5) is 5.82 Å². The zero-order chi connectivity index (χ0) is 22.5. The Morgan fingerprint density at radius 3 is 2.61 bits per heavy atom. The van der Waals surface area contributed by atoms with Gasteiger partial charge in [0.05, 0.1) is 6.61 Å². The predicted molar refractivity (Wildman–Crippen MR) is 116 cm³/mol. The number of benzene rings is 1. The molecular formula is C22H27N3O6. The molecule has 0 amide bonds. The third-order valence-electron chi connectivity index (χ3n) is 5.45. The van der Waals surface area contributed by atoms with Gasteiger partial charge in [0.25, 0.3) is 5.56 Å². The fourth-order valence-corrected chi connectivity index (χ4v) is 4.08. The standard InChI is InChI=1S/C22H27N3O6/c1-13-6-4-9-25(12-13)10-5-11-31-15-8-3-2-7-14(15)16-17(21(27)28)19(23)24-20(26)18(16)22(29)30/h2-3,7-8,13H,4-6,9-12H2,1H3,(H,27,28)(H,29,30)(H3,23,24,26). The average molecular weight is 429 g/mol. The van der Waals surface area contributed by atoms with Gasteiger partial charge in [-0.2, -0.15) is 0 Å². The van der Waals surface area contributed by atoms with Crippen molar-refractivity contribution < 1.29 is 24.5 Å². The molecule has 1 fully saturated rings. The second-order valence-corrected chi connectivity index (χ2v) is 7.85. The maximum Gasteiger partial charge on any atom is 0.342 e. The average Bonchev–Trinajstić information content (AvgIpc) is 2.70. The largest absolute Gasteiger partial charge is 0.493 e. The number of piperidine rings is 1. The normalized spacial score (nSPS) is 16.7. The van der Waals surface area contributed by atoms with Crippen molar-refractivity contribution in [1.82, 2.24) is 9.88 Å². The summed E-state index contributed by atoms with van der Waals surface area (Å²) in [6.45, 7) is 5.62. The molecule has 0 bridgehead atoms. The number of nitrogen functional groups attached to an aromatic ring is 1. The van der Waals surface area contributed by atoms with E-state index in [0.717, 1.165) is 26.1 Å². The molecule has 0 saturated carbocycles. The molecule has 5 N–H and O–H groups in total. The molecule has 0 aliphatic carbocycles. The molecule has 1 atom stereocenters. The Balaban J connectivity index is 1.89. The van der Waals surface area contributed by atoms with Crippen LogP contribution < -0.4 is 16.0 Å². The van der Waals surface area contributed by atoms with Gasteiger partial charge in [-0.1, -0.05) is 25.1 Å². The van der Waals surface area contributed by atoms with E-state index in [1.54, 1.807) is 18.2 Å². The molecule has 31 heavy (non-hydrogen) atoms. The summed E-state index contributed by atoms with van der Waals surface area (Å²) in [5.41, 5.74) is 3.51. The van der Waals surface area contributed by atoms with Gasteiger partial charge in [0, 0.05) is 24.2 Å². The van der Waals surface area contributed by atoms with Crippen LogP contribution in [0.3, 0.4) is 0 Å². The molecule has 1 aromatic heterocycles. The summed E-state index contributed by atoms with van der Waals surface area (Å²) in [7, 11) is 0. The monoisotopic (exact) mass is 429 g/mol. The molecule has 2 heterocycles. The number of para-hydroxylation sites is 1. The Kier molecular flexibility index (Phi) is 6.96. The van der Waals surface area contributed by atoms with Crippen LogP contribution >= 0.6 is 0 Å². The number of hydrogen-bond acceptors (Lipinski definition) is 6. The maximum absolute atomic E-state index is 12.3. The molecule has 1 saturated heterocycles. The van der Waals surface area contributed by atoms with E-state index in [1.165, 1.54) is 18.9 Å². The second kappa shape index (κ2) is 9.65. The predicted octanol–water partition coefficient (Wildman–Crippen LogP) is 2.52. The number of anilines is 1. The molecule has 0 radical (unpaired) electrons. The van der Waals surface area contributed by atoms with Crippen LogP contribution in [-0.4, -0.2) is 58.3 Å². The lowest BCUT2D eigenvalue weighted by molar-refractivity contribution is 0.0695. The maximum atomic E-state index is 12.3. The lowest BCUT2D eigenvalue weighted by Crippen LogP contribution is -2.35. The molecule has 2 aromatic rings. The van der Waals surface area contributed by atoms with E-state index in [1.807, 2.05) is 0 Å². The highest BCUT2D eigenvalue weighted by Crippen LogP contribution is 2.35. The van der Waals surface area contributed by atoms with Crippen molar-refractivity contribution in [2.45, 2.75) is 26.2 Å². The van der Waals surface area contributed by atoms with Gasteiger partial charge in [0.15, 0.2) is 0 Å². The molecule has 3 rings (SSSR count). The van der Waals surface area contributed by atoms with Crippen LogP contribution in [0.25, 0.3) is 11.1 Å². The number of carboxylic acid groups (broad SMARTS) is 2. The molecule has 9 heteroatoms. The SMILES string of the molecule is CC1CCCN(CCCOc2ccccc2-c2c(C(=O)O)c(N)[nH]c(=O)c2C(=O)O)C1. The van der Waals surface area contributed by atoms with Crippen LogP contribution in [0.1, 0.15) is 46.9 Å². The number of nitrogens with two attached hydrogens (primary N) is 1. The minimum atomic E-state index is -1.55. The third-order valence-corrected chi connectivity index (χ3v) is 5.45. The molecule has 1 unspecified atom stereocenters. The molecule has 9 nitrogen and oxygen atoms in total. The Labute approximate surface area is 179 Å². The zero-order valence-corrected chi connectivity index (χ0v) is 17.4. The van der Waals surface area contributed by atoms with Gasteiger partial charge in [0.1, 0.15) is 22.7 Å². The smallest absolute Gasteiger partial charge is 0.342 e. The summed E-state index contributed by atoms with van der Waals surface area (Å²) in [4.78, 5) is 40.4. The van der Waals surface area contributed by atoms with Gasteiger partial charge >= 0.3 is 11.9 Å². The van der Waals surface area contributed by atoms with Gasteiger partial charge in [0.2, 0.25) is 0 Å². The van der Waals surface area contributed by atoms with Crippen LogP contribution in [0.5, 0.6) is 5.75 Å². The number of ether oxygens (including phenoxy) is 1. The van der Waals surface area contributed by atoms with Crippen molar-refractivity contribution in [1.29, 1.82) is 0 Å². The zero-order valence-electron chi connectivity index (χ0n) is 17.4. The number of nitrogens with one attached hydrogen (secondary N) is 1. The van der Waals surface area contributed by atoms with E-state index in [4.69, 9.17) is 10.5 Å². The lowest BCUT2D eigenvalue weighted by atomic mass is 9.94. The quantitative estimate of drug-likeness (QED) is 0.468. The van der Waals surface area contributed by atoms with Gasteiger partial charge in [-0.05, 0) is 37.8 Å². The van der Waals surface area contributed by atoms with Crippen LogP contribution in [0, 0.1) is 5.92 Å². The highest BCUT2D eigenvalue weighted by Gasteiger charge is 2.28. The first-order chi connectivity index (χ1) is 14.8. The molecule has 1 aliphatic heterocycles. The number of pyridine rings is 1. The first-order valence-electron chi connectivity index (χ1n) is 10.3. The van der Waals surface area contributed by atoms with Crippen LogP contribution in [-0.2, 0) is 0 Å². The van der Waals surface area contributed by atoms with Crippen molar-refractivity contribution >= 4 is 17.8 Å². The summed E-state index contributed by atoms with van der Waals surface area (Å²) >= 11 is 0. The van der Waals surface area contributed by atoms with Crippen LogP contribution in [0.2, 0.25) is 0 Å². The Morgan fingerprint density at radius 2 is 1.94 bits per heavy atom. The summed E-state index contributed by atoms with van der Waals surface area (Å²) in [6, 6.07) is 6.45. The van der Waals surface area contributed by atoms with E-state index in [2.05, 4.69) is 16.8 Å². The molecule has 0 spiro atoms. The number of H-pyrrole nitrogens is 1. The van der Waals surface area contributed by atoms with Gasteiger partial charge in [-0.25, -0.2) is 9.59 Å². The van der Waals surface area contributed by atoms with Gasteiger partial charge in [-0.15, -0.1) is 0 Å². The Morgan fingerprint density at radius 1 is 1.23 bits per heavy atom. The first kappa shape index (κ1) is 22.4. The minimum absolute atomic E-state index is 0.196. The summed E-state index contributed by atoms with van der Waals surface area (Å²) < 4.78 is 5.89. The van der Waals surface area contributed by atoms with E-state index in [9.17, 15) is 24.6 Å². The van der Waals surface area contributed by atoms with Crippen molar-refractivity contribution in [3.63, 3.8) is 0 Å². The topological polar surface area (TPSA) is 146 Å². The Bertz CT molecular complexity index is 1030. The number of aromatic nitrogens is 1. The fraction of sp³-hybridized carbons (Fsp3) is 0.409. The van der Waals surface area contributed by atoms with E-state index in [0.29, 0.717) is 18.3 Å². The number of likely N-dealkylation sites (tertiary alicyclic amines) is 1. The van der Waals surface area contributed by atoms with E-state index in [-0.39, 0.29) is 11.1 Å². The number of carbonyl (C=O) groups is 2. The van der Waals surface area contributed by atoms with Crippen LogP contribution in [0.15, 0.2) is 29.1 Å². The van der Waals surface area contributed by atoms with Crippen molar-refractivity contribution in [3.05, 3.63) is 45.7 Å². The number of nitrogens with zero attached hydrogens (tertiary/aromatic N) is 1. The van der Waals surface area contributed by atoms with Gasteiger partial charge in [-0.3, -0.25) is 4.79 Å². The summed E-state index contributed by atoms with van der Waals surface area (Å²) in [5.74, 6) is -2.43. The molecular weight excluding hydrogens is 402 g/mol. The minimum Gasteiger partial charge on any atom is -0.493 e. The van der Waals surface area contributed by atoms with Crippen molar-refractivity contribution in [2.24, 2.45) is 5.92 Å². The highest BCUT2D eigenvalue weighted by molar-refractivity contribution is 6.08. The highest BCUT2D eigenvalue weighted by atomic mass is 16.5. The number of aromatic amines is 1. The number of hydrogen-bond donors (Lipinski definition) is 4. The van der Waals surface area contributed by atoms with E-state index < -0.39 is 34.4 Å². The lowest BCUT2D eigenvalue weighted by Gasteiger charge is -2.30. The first-order valence-corrected chi connectivity index (χ1v) is 10.3. The molecule has 1 aliphatic rings. The third kappa shape index (κ3) is 5.05. The van der Waals surface area contributed by atoms with E-state index >= 15 is 0 Å². The summed E-state index contributed by atoms with van der Waals surface area (Å²) in [5, 5.41) is 19.2. The Hall–Kier alpha value is -3.33. The number of rotatable bonds is 8. The number of carboxylic acids is 2. The number of aromatic carboxylic acids is 2.